The van der Waals surface area contributed by atoms with Gasteiger partial charge in [-0.05, 0) is 24.6 Å². The molecule has 0 radical (unpaired) electrons. The van der Waals surface area contributed by atoms with Crippen molar-refractivity contribution in [2.24, 2.45) is 0 Å². The molecule has 6 nitrogen and oxygen atoms in total. The second-order valence-electron chi connectivity index (χ2n) is 6.07. The molecule has 0 aliphatic heterocycles. The van der Waals surface area contributed by atoms with Crippen molar-refractivity contribution in [2.45, 2.75) is 13.0 Å². The average molecular weight is 398 g/mol. The standard InChI is InChI=1S/C21H20ClN3O3/c22-17-9-4-5-10-19(17)28-15-20(26)23-13-6-14-25-21(27)12-11-18(24-25)16-7-2-1-3-8-16/h1-5,7-12H,6,13-15H2,(H,23,26). The molecule has 0 spiro atoms. The van der Waals surface area contributed by atoms with Gasteiger partial charge in [0.05, 0.1) is 10.7 Å². The Morgan fingerprint density at radius 1 is 1.04 bits per heavy atom. The number of amides is 1. The normalized spacial score (nSPS) is 10.5. The summed E-state index contributed by atoms with van der Waals surface area (Å²) >= 11 is 5.98. The molecule has 1 heterocycles. The molecule has 0 aliphatic carbocycles. The summed E-state index contributed by atoms with van der Waals surface area (Å²) in [6.45, 7) is 0.699. The van der Waals surface area contributed by atoms with Crippen LogP contribution in [0.1, 0.15) is 6.42 Å². The van der Waals surface area contributed by atoms with Crippen LogP contribution in [0, 0.1) is 0 Å². The fourth-order valence-electron chi connectivity index (χ4n) is 2.58. The molecule has 0 fully saturated rings. The Kier molecular flexibility index (Phi) is 6.81. The van der Waals surface area contributed by atoms with Gasteiger partial charge >= 0.3 is 0 Å². The van der Waals surface area contributed by atoms with E-state index in [0.29, 0.717) is 30.3 Å². The highest BCUT2D eigenvalue weighted by molar-refractivity contribution is 6.32. The predicted octanol–water partition coefficient (Wildman–Crippen LogP) is 3.15. The van der Waals surface area contributed by atoms with E-state index in [1.165, 1.54) is 10.7 Å². The topological polar surface area (TPSA) is 73.2 Å². The van der Waals surface area contributed by atoms with Crippen molar-refractivity contribution in [3.63, 3.8) is 0 Å². The van der Waals surface area contributed by atoms with Crippen LogP contribution in [-0.4, -0.2) is 28.8 Å². The number of nitrogens with one attached hydrogen (secondary N) is 1. The van der Waals surface area contributed by atoms with E-state index in [1.54, 1.807) is 30.3 Å². The predicted molar refractivity (Wildman–Crippen MR) is 109 cm³/mol. The summed E-state index contributed by atoms with van der Waals surface area (Å²) in [7, 11) is 0. The number of nitrogens with zero attached hydrogens (tertiary/aromatic N) is 2. The molecule has 0 unspecified atom stereocenters. The van der Waals surface area contributed by atoms with Crippen molar-refractivity contribution in [2.75, 3.05) is 13.2 Å². The van der Waals surface area contributed by atoms with Crippen LogP contribution in [0.25, 0.3) is 11.3 Å². The van der Waals surface area contributed by atoms with Gasteiger partial charge in [-0.3, -0.25) is 9.59 Å². The number of aryl methyl sites for hydroxylation is 1. The van der Waals surface area contributed by atoms with Crippen molar-refractivity contribution < 1.29 is 9.53 Å². The highest BCUT2D eigenvalue weighted by atomic mass is 35.5. The molecule has 1 amide bonds. The summed E-state index contributed by atoms with van der Waals surface area (Å²) in [5.41, 5.74) is 1.51. The lowest BCUT2D eigenvalue weighted by molar-refractivity contribution is -0.123. The summed E-state index contributed by atoms with van der Waals surface area (Å²) in [4.78, 5) is 23.9. The third-order valence-electron chi connectivity index (χ3n) is 4.00. The van der Waals surface area contributed by atoms with Crippen LogP contribution in [0.2, 0.25) is 5.02 Å². The summed E-state index contributed by atoms with van der Waals surface area (Å²) in [6, 6.07) is 19.8. The number of halogens is 1. The lowest BCUT2D eigenvalue weighted by Gasteiger charge is -2.09. The van der Waals surface area contributed by atoms with Crippen LogP contribution in [0.4, 0.5) is 0 Å². The van der Waals surface area contributed by atoms with Crippen molar-refractivity contribution in [1.82, 2.24) is 15.1 Å². The molecule has 0 saturated carbocycles. The molecule has 0 atom stereocenters. The van der Waals surface area contributed by atoms with E-state index in [0.717, 1.165) is 11.3 Å². The number of ether oxygens (including phenoxy) is 1. The summed E-state index contributed by atoms with van der Waals surface area (Å²) in [5, 5.41) is 7.61. The van der Waals surface area contributed by atoms with Crippen LogP contribution in [0.5, 0.6) is 5.75 Å². The Bertz CT molecular complexity index is 989. The fraction of sp³-hybridized carbons (Fsp3) is 0.190. The maximum Gasteiger partial charge on any atom is 0.266 e. The first-order chi connectivity index (χ1) is 13.6. The molecular weight excluding hydrogens is 378 g/mol. The SMILES string of the molecule is O=C(COc1ccccc1Cl)NCCCn1nc(-c2ccccc2)ccc1=O. The second kappa shape index (κ2) is 9.71. The fourth-order valence-corrected chi connectivity index (χ4v) is 2.78. The quantitative estimate of drug-likeness (QED) is 0.592. The third-order valence-corrected chi connectivity index (χ3v) is 4.31. The maximum absolute atomic E-state index is 12.0. The Balaban J connectivity index is 1.47. The highest BCUT2D eigenvalue weighted by Crippen LogP contribution is 2.22. The van der Waals surface area contributed by atoms with Crippen molar-refractivity contribution in [3.8, 4) is 17.0 Å². The van der Waals surface area contributed by atoms with Gasteiger partial charge in [0.25, 0.3) is 11.5 Å². The smallest absolute Gasteiger partial charge is 0.266 e. The van der Waals surface area contributed by atoms with Gasteiger partial charge in [0, 0.05) is 24.7 Å². The largest absolute Gasteiger partial charge is 0.482 e. The molecule has 1 aromatic heterocycles. The summed E-state index contributed by atoms with van der Waals surface area (Å²) in [5.74, 6) is 0.214. The average Bonchev–Trinajstić information content (AvgIpc) is 2.72. The number of benzene rings is 2. The lowest BCUT2D eigenvalue weighted by atomic mass is 10.1. The Hall–Kier alpha value is -3.12. The summed E-state index contributed by atoms with van der Waals surface area (Å²) < 4.78 is 6.80. The van der Waals surface area contributed by atoms with E-state index in [9.17, 15) is 9.59 Å². The van der Waals surface area contributed by atoms with Gasteiger partial charge in [0.15, 0.2) is 6.61 Å². The van der Waals surface area contributed by atoms with E-state index in [4.69, 9.17) is 16.3 Å². The van der Waals surface area contributed by atoms with Gasteiger partial charge in [0.2, 0.25) is 0 Å². The third kappa shape index (κ3) is 5.44. The number of hydrogen-bond acceptors (Lipinski definition) is 4. The van der Waals surface area contributed by atoms with Crippen LogP contribution < -0.4 is 15.6 Å². The number of rotatable bonds is 8. The molecule has 2 aromatic carbocycles. The zero-order chi connectivity index (χ0) is 19.8. The van der Waals surface area contributed by atoms with E-state index >= 15 is 0 Å². The van der Waals surface area contributed by atoms with Crippen LogP contribution in [0.3, 0.4) is 0 Å². The number of hydrogen-bond donors (Lipinski definition) is 1. The van der Waals surface area contributed by atoms with Crippen LogP contribution in [0.15, 0.2) is 71.5 Å². The molecule has 3 aromatic rings. The molecule has 0 bridgehead atoms. The molecular formula is C21H20ClN3O3. The highest BCUT2D eigenvalue weighted by Gasteiger charge is 2.06. The second-order valence-corrected chi connectivity index (χ2v) is 6.48. The first kappa shape index (κ1) is 19.6. The molecule has 28 heavy (non-hydrogen) atoms. The van der Waals surface area contributed by atoms with Gasteiger partial charge < -0.3 is 10.1 Å². The molecule has 7 heteroatoms. The maximum atomic E-state index is 12.0. The van der Waals surface area contributed by atoms with Gasteiger partial charge in [-0.15, -0.1) is 0 Å². The number of carbonyl (C=O) groups excluding carboxylic acids is 1. The minimum atomic E-state index is -0.252. The van der Waals surface area contributed by atoms with Crippen molar-refractivity contribution in [1.29, 1.82) is 0 Å². The molecule has 3 rings (SSSR count). The molecule has 0 saturated heterocycles. The molecule has 0 aliphatic rings. The number of para-hydroxylation sites is 1. The van der Waals surface area contributed by atoms with Crippen molar-refractivity contribution in [3.05, 3.63) is 82.1 Å². The van der Waals surface area contributed by atoms with Gasteiger partial charge in [-0.2, -0.15) is 5.10 Å². The molecule has 144 valence electrons. The van der Waals surface area contributed by atoms with Gasteiger partial charge in [-0.1, -0.05) is 54.1 Å². The lowest BCUT2D eigenvalue weighted by Crippen LogP contribution is -2.31. The number of aromatic nitrogens is 2. The Labute approximate surface area is 167 Å². The van der Waals surface area contributed by atoms with E-state index in [2.05, 4.69) is 10.4 Å². The van der Waals surface area contributed by atoms with Gasteiger partial charge in [0.1, 0.15) is 5.75 Å². The summed E-state index contributed by atoms with van der Waals surface area (Å²) in [6.07, 6.45) is 0.572. The Morgan fingerprint density at radius 3 is 2.57 bits per heavy atom. The van der Waals surface area contributed by atoms with E-state index in [1.807, 2.05) is 30.3 Å². The van der Waals surface area contributed by atoms with Gasteiger partial charge in [-0.25, -0.2) is 4.68 Å². The Morgan fingerprint density at radius 2 is 1.79 bits per heavy atom. The minimum Gasteiger partial charge on any atom is -0.482 e. The number of carbonyl (C=O) groups is 1. The van der Waals surface area contributed by atoms with E-state index in [-0.39, 0.29) is 18.1 Å². The van der Waals surface area contributed by atoms with Crippen molar-refractivity contribution >= 4 is 17.5 Å². The minimum absolute atomic E-state index is 0.120. The zero-order valence-electron chi connectivity index (χ0n) is 15.2. The first-order valence-electron chi connectivity index (χ1n) is 8.91. The first-order valence-corrected chi connectivity index (χ1v) is 9.29. The monoisotopic (exact) mass is 397 g/mol. The van der Waals surface area contributed by atoms with E-state index < -0.39 is 0 Å². The van der Waals surface area contributed by atoms with Crippen LogP contribution >= 0.6 is 11.6 Å². The van der Waals surface area contributed by atoms with Crippen LogP contribution in [-0.2, 0) is 11.3 Å². The zero-order valence-corrected chi connectivity index (χ0v) is 15.9. The molecule has 1 N–H and O–H groups in total.